The van der Waals surface area contributed by atoms with Crippen LogP contribution in [0, 0.1) is 0 Å². The Labute approximate surface area is 147 Å². The summed E-state index contributed by atoms with van der Waals surface area (Å²) in [4.78, 5) is 40.4. The third kappa shape index (κ3) is 5.29. The van der Waals surface area contributed by atoms with Crippen LogP contribution in [0.1, 0.15) is 30.6 Å². The largest absolute Gasteiger partial charge is 0.462 e. The van der Waals surface area contributed by atoms with Crippen molar-refractivity contribution in [2.24, 2.45) is 0 Å². The van der Waals surface area contributed by atoms with Crippen LogP contribution in [0.3, 0.4) is 0 Å². The lowest BCUT2D eigenvalue weighted by Gasteiger charge is -2.34. The summed E-state index contributed by atoms with van der Waals surface area (Å²) < 4.78 is 4.98. The molecule has 1 N–H and O–H groups in total. The number of ether oxygens (including phenoxy) is 1. The van der Waals surface area contributed by atoms with Crippen LogP contribution in [-0.4, -0.2) is 66.9 Å². The maximum Gasteiger partial charge on any atom is 0.340 e. The van der Waals surface area contributed by atoms with Crippen molar-refractivity contribution in [3.63, 3.8) is 0 Å². The molecule has 0 radical (unpaired) electrons. The predicted molar refractivity (Wildman–Crippen MR) is 94.3 cm³/mol. The summed E-state index contributed by atoms with van der Waals surface area (Å²) in [6.45, 7) is 7.96. The Balaban J connectivity index is 1.92. The van der Waals surface area contributed by atoms with E-state index < -0.39 is 11.9 Å². The van der Waals surface area contributed by atoms with E-state index in [1.165, 1.54) is 0 Å². The first-order chi connectivity index (χ1) is 12.0. The number of likely N-dealkylation sites (N-methyl/N-ethyl adjacent to an activating group) is 1. The van der Waals surface area contributed by atoms with Crippen molar-refractivity contribution in [3.8, 4) is 0 Å². The van der Waals surface area contributed by atoms with Crippen LogP contribution in [-0.2, 0) is 14.3 Å². The Bertz CT molecular complexity index is 625. The summed E-state index contributed by atoms with van der Waals surface area (Å²) in [5.74, 6) is -1.12. The van der Waals surface area contributed by atoms with Gasteiger partial charge in [-0.25, -0.2) is 4.79 Å². The highest BCUT2D eigenvalue weighted by atomic mass is 16.5. The van der Waals surface area contributed by atoms with E-state index in [0.717, 1.165) is 19.6 Å². The molecule has 0 spiro atoms. The van der Waals surface area contributed by atoms with Gasteiger partial charge in [0.2, 0.25) is 11.8 Å². The zero-order valence-corrected chi connectivity index (χ0v) is 14.8. The summed E-state index contributed by atoms with van der Waals surface area (Å²) in [5, 5.41) is 2.64. The number of carbonyl (C=O) groups excluding carboxylic acids is 3. The molecule has 1 aliphatic heterocycles. The quantitative estimate of drug-likeness (QED) is 0.621. The highest BCUT2D eigenvalue weighted by Gasteiger charge is 2.22. The van der Waals surface area contributed by atoms with Gasteiger partial charge in [-0.2, -0.15) is 0 Å². The number of rotatable bonds is 6. The van der Waals surface area contributed by atoms with Crippen molar-refractivity contribution in [1.29, 1.82) is 0 Å². The van der Waals surface area contributed by atoms with Crippen molar-refractivity contribution in [2.45, 2.75) is 20.3 Å². The lowest BCUT2D eigenvalue weighted by atomic mass is 10.1. The van der Waals surface area contributed by atoms with Gasteiger partial charge in [0.05, 0.1) is 17.9 Å². The van der Waals surface area contributed by atoms with Gasteiger partial charge in [0.1, 0.15) is 6.42 Å². The van der Waals surface area contributed by atoms with E-state index in [1.54, 1.807) is 36.1 Å². The maximum atomic E-state index is 12.3. The number of nitrogens with zero attached hydrogens (tertiary/aromatic N) is 2. The second-order valence-electron chi connectivity index (χ2n) is 5.81. The molecule has 0 bridgehead atoms. The van der Waals surface area contributed by atoms with Crippen molar-refractivity contribution in [2.75, 3.05) is 44.6 Å². The van der Waals surface area contributed by atoms with Crippen LogP contribution >= 0.6 is 0 Å². The molecule has 0 atom stereocenters. The highest BCUT2D eigenvalue weighted by molar-refractivity contribution is 6.06. The number of esters is 1. The van der Waals surface area contributed by atoms with Crippen molar-refractivity contribution in [3.05, 3.63) is 29.8 Å². The van der Waals surface area contributed by atoms with Crippen LogP contribution < -0.4 is 5.32 Å². The summed E-state index contributed by atoms with van der Waals surface area (Å²) in [5.41, 5.74) is 0.635. The van der Waals surface area contributed by atoms with Crippen molar-refractivity contribution in [1.82, 2.24) is 9.80 Å². The van der Waals surface area contributed by atoms with Gasteiger partial charge in [-0.1, -0.05) is 19.1 Å². The molecule has 0 aromatic heterocycles. The van der Waals surface area contributed by atoms with Gasteiger partial charge in [0, 0.05) is 26.2 Å². The smallest absolute Gasteiger partial charge is 0.340 e. The molecule has 2 amide bonds. The van der Waals surface area contributed by atoms with Gasteiger partial charge >= 0.3 is 5.97 Å². The molecular formula is C18H25N3O4. The topological polar surface area (TPSA) is 78.9 Å². The van der Waals surface area contributed by atoms with Crippen LogP contribution in [0.4, 0.5) is 5.69 Å². The zero-order chi connectivity index (χ0) is 18.2. The van der Waals surface area contributed by atoms with Crippen LogP contribution in [0.15, 0.2) is 24.3 Å². The molecule has 0 saturated carbocycles. The summed E-state index contributed by atoms with van der Waals surface area (Å²) in [6.07, 6.45) is -0.233. The SMILES string of the molecule is CCOC(=O)c1ccccc1NC(=O)CC(=O)N1CCN(CC)CC1. The van der Waals surface area contributed by atoms with Crippen LogP contribution in [0.25, 0.3) is 0 Å². The fourth-order valence-electron chi connectivity index (χ4n) is 2.74. The summed E-state index contributed by atoms with van der Waals surface area (Å²) in [6, 6.07) is 6.61. The van der Waals surface area contributed by atoms with Gasteiger partial charge in [0.15, 0.2) is 0 Å². The molecule has 7 nitrogen and oxygen atoms in total. The number of piperazine rings is 1. The van der Waals surface area contributed by atoms with Crippen molar-refractivity contribution >= 4 is 23.5 Å². The Morgan fingerprint density at radius 1 is 1.08 bits per heavy atom. The van der Waals surface area contributed by atoms with Gasteiger partial charge in [-0.15, -0.1) is 0 Å². The van der Waals surface area contributed by atoms with Gasteiger partial charge < -0.3 is 19.9 Å². The number of benzene rings is 1. The molecule has 1 aromatic rings. The van der Waals surface area contributed by atoms with E-state index in [-0.39, 0.29) is 24.5 Å². The normalized spacial score (nSPS) is 14.9. The maximum absolute atomic E-state index is 12.3. The zero-order valence-electron chi connectivity index (χ0n) is 14.8. The van der Waals surface area contributed by atoms with Gasteiger partial charge in [0.25, 0.3) is 0 Å². The number of hydrogen-bond donors (Lipinski definition) is 1. The lowest BCUT2D eigenvalue weighted by Crippen LogP contribution is -2.49. The molecule has 0 aliphatic carbocycles. The minimum absolute atomic E-state index is 0.193. The first-order valence-corrected chi connectivity index (χ1v) is 8.61. The Morgan fingerprint density at radius 3 is 2.40 bits per heavy atom. The molecule has 25 heavy (non-hydrogen) atoms. The third-order valence-electron chi connectivity index (χ3n) is 4.18. The Hall–Kier alpha value is -2.41. The fraction of sp³-hybridized carbons (Fsp3) is 0.500. The number of hydrogen-bond acceptors (Lipinski definition) is 5. The predicted octanol–water partition coefficient (Wildman–Crippen LogP) is 1.36. The van der Waals surface area contributed by atoms with Gasteiger partial charge in [-0.05, 0) is 25.6 Å². The molecule has 1 aliphatic rings. The molecule has 0 unspecified atom stereocenters. The second kappa shape index (κ2) is 9.17. The number of amides is 2. The molecular weight excluding hydrogens is 322 g/mol. The second-order valence-corrected chi connectivity index (χ2v) is 5.81. The van der Waals surface area contributed by atoms with E-state index >= 15 is 0 Å². The monoisotopic (exact) mass is 347 g/mol. The number of para-hydroxylation sites is 1. The van der Waals surface area contributed by atoms with Crippen LogP contribution in [0.5, 0.6) is 0 Å². The molecule has 136 valence electrons. The average Bonchev–Trinajstić information content (AvgIpc) is 2.62. The Kier molecular flexibility index (Phi) is 6.94. The highest BCUT2D eigenvalue weighted by Crippen LogP contribution is 2.17. The standard InChI is InChI=1S/C18H25N3O4/c1-3-20-9-11-21(12-10-20)17(23)13-16(22)19-15-8-6-5-7-14(15)18(24)25-4-2/h5-8H,3-4,9-13H2,1-2H3,(H,19,22). The molecule has 1 saturated heterocycles. The van der Waals surface area contributed by atoms with E-state index in [4.69, 9.17) is 4.74 Å². The molecule has 1 aromatic carbocycles. The summed E-state index contributed by atoms with van der Waals surface area (Å²) in [7, 11) is 0. The van der Waals surface area contributed by atoms with E-state index in [0.29, 0.717) is 18.8 Å². The van der Waals surface area contributed by atoms with Gasteiger partial charge in [-0.3, -0.25) is 9.59 Å². The molecule has 2 rings (SSSR count). The third-order valence-corrected chi connectivity index (χ3v) is 4.18. The van der Waals surface area contributed by atoms with E-state index in [2.05, 4.69) is 17.1 Å². The minimum atomic E-state index is -0.500. The average molecular weight is 347 g/mol. The molecule has 1 heterocycles. The summed E-state index contributed by atoms with van der Waals surface area (Å²) >= 11 is 0. The van der Waals surface area contributed by atoms with E-state index in [1.807, 2.05) is 0 Å². The molecule has 1 fully saturated rings. The van der Waals surface area contributed by atoms with Crippen molar-refractivity contribution < 1.29 is 19.1 Å². The number of nitrogens with one attached hydrogen (secondary N) is 1. The lowest BCUT2D eigenvalue weighted by molar-refractivity contribution is -0.136. The molecule has 7 heteroatoms. The first-order valence-electron chi connectivity index (χ1n) is 8.61. The first kappa shape index (κ1) is 18.9. The number of carbonyl (C=O) groups is 3. The minimum Gasteiger partial charge on any atom is -0.462 e. The van der Waals surface area contributed by atoms with Crippen LogP contribution in [0.2, 0.25) is 0 Å². The fourth-order valence-corrected chi connectivity index (χ4v) is 2.74. The number of anilines is 1. The Morgan fingerprint density at radius 2 is 1.76 bits per heavy atom. The van der Waals surface area contributed by atoms with E-state index in [9.17, 15) is 14.4 Å².